The normalized spacial score (nSPS) is 16.4. The highest BCUT2D eigenvalue weighted by molar-refractivity contribution is 6.12. The second kappa shape index (κ2) is 12.1. The smallest absolute Gasteiger partial charge is 0.161 e. The maximum Gasteiger partial charge on any atom is 0.161 e. The van der Waals surface area contributed by atoms with Gasteiger partial charge in [0.15, 0.2) is 5.82 Å². The molecule has 1 saturated carbocycles. The Bertz CT molecular complexity index is 2830. The molecular weight excluding hydrogens is 643 g/mol. The fourth-order valence-electron chi connectivity index (χ4n) is 9.71. The molecule has 7 aromatic carbocycles. The van der Waals surface area contributed by atoms with Gasteiger partial charge in [0.25, 0.3) is 0 Å². The Morgan fingerprint density at radius 3 is 1.72 bits per heavy atom. The molecule has 0 saturated heterocycles. The van der Waals surface area contributed by atoms with Crippen molar-refractivity contribution in [2.75, 3.05) is 0 Å². The molecule has 0 radical (unpaired) electrons. The van der Waals surface area contributed by atoms with Gasteiger partial charge in [-0.2, -0.15) is 0 Å². The van der Waals surface area contributed by atoms with E-state index in [1.54, 1.807) is 5.56 Å². The molecule has 0 unspecified atom stereocenters. The number of nitrogens with zero attached hydrogens (tertiary/aromatic N) is 3. The van der Waals surface area contributed by atoms with Gasteiger partial charge in [0.2, 0.25) is 0 Å². The topological polar surface area (TPSA) is 30.7 Å². The lowest BCUT2D eigenvalue weighted by Crippen LogP contribution is -2.24. The number of rotatable bonds is 5. The third-order valence-corrected chi connectivity index (χ3v) is 11.9. The lowest BCUT2D eigenvalue weighted by Gasteiger charge is -2.43. The van der Waals surface area contributed by atoms with Crippen molar-refractivity contribution in [1.82, 2.24) is 14.5 Å². The summed E-state index contributed by atoms with van der Waals surface area (Å²) in [5, 5.41) is 3.54. The average molecular weight is 680 g/mol. The van der Waals surface area contributed by atoms with Crippen LogP contribution in [0.15, 0.2) is 164 Å². The molecule has 12 rings (SSSR count). The minimum absolute atomic E-state index is 0.507. The third kappa shape index (κ3) is 4.73. The largest absolute Gasteiger partial charge is 0.309 e. The van der Waals surface area contributed by atoms with Gasteiger partial charge in [-0.25, -0.2) is 9.97 Å². The highest BCUT2D eigenvalue weighted by Gasteiger charge is 2.40. The molecule has 3 aliphatic rings. The Balaban J connectivity index is 1.33. The van der Waals surface area contributed by atoms with Gasteiger partial charge in [-0.15, -0.1) is 0 Å². The second-order valence-electron chi connectivity index (χ2n) is 14.8. The van der Waals surface area contributed by atoms with Gasteiger partial charge in [-0.3, -0.25) is 0 Å². The van der Waals surface area contributed by atoms with Crippen molar-refractivity contribution >= 4 is 32.7 Å². The lowest BCUT2D eigenvalue weighted by molar-refractivity contribution is 0.360. The Hall–Kier alpha value is -6.32. The van der Waals surface area contributed by atoms with E-state index in [2.05, 4.69) is 162 Å². The number of aromatic nitrogens is 3. The predicted molar refractivity (Wildman–Crippen MR) is 220 cm³/mol. The van der Waals surface area contributed by atoms with E-state index in [1.807, 2.05) is 6.20 Å². The molecule has 3 heteroatoms. The fourth-order valence-corrected chi connectivity index (χ4v) is 9.71. The van der Waals surface area contributed by atoms with Crippen LogP contribution < -0.4 is 0 Å². The van der Waals surface area contributed by atoms with Crippen LogP contribution in [0.2, 0.25) is 0 Å². The molecule has 2 bridgehead atoms. The molecule has 0 spiro atoms. The van der Waals surface area contributed by atoms with E-state index >= 15 is 0 Å². The zero-order valence-corrected chi connectivity index (χ0v) is 29.4. The standard InChI is InChI=1S/C50H37N3/c1-4-14-32(15-5-1)44-45-34-24-26-35(27-25-34)46(45)47(33-16-6-2-7-17-33)49(50-51-31-37-18-10-12-22-41(37)52-50)48(44)36-28-29-43-40(30-36)39-21-11-13-23-42(39)53(43)38-19-8-3-9-20-38/h1-23,28-31,34-35H,24-27H2. The molecule has 2 heterocycles. The van der Waals surface area contributed by atoms with E-state index in [1.165, 1.54) is 86.4 Å². The molecule has 2 aromatic heterocycles. The van der Waals surface area contributed by atoms with Crippen LogP contribution in [0, 0.1) is 0 Å². The molecule has 252 valence electrons. The third-order valence-electron chi connectivity index (χ3n) is 11.9. The molecule has 1 fully saturated rings. The van der Waals surface area contributed by atoms with Gasteiger partial charge in [0.1, 0.15) is 0 Å². The summed E-state index contributed by atoms with van der Waals surface area (Å²) in [7, 11) is 0. The summed E-state index contributed by atoms with van der Waals surface area (Å²) in [5.41, 5.74) is 16.3. The van der Waals surface area contributed by atoms with Gasteiger partial charge in [-0.1, -0.05) is 121 Å². The van der Waals surface area contributed by atoms with Crippen molar-refractivity contribution < 1.29 is 0 Å². The van der Waals surface area contributed by atoms with Crippen LogP contribution in [0.3, 0.4) is 0 Å². The first-order valence-electron chi connectivity index (χ1n) is 19.0. The van der Waals surface area contributed by atoms with Crippen LogP contribution in [-0.2, 0) is 0 Å². The first-order chi connectivity index (χ1) is 26.3. The number of fused-ring (bicyclic) bond motifs is 6. The summed E-state index contributed by atoms with van der Waals surface area (Å²) in [6, 6.07) is 57.3. The Morgan fingerprint density at radius 1 is 0.453 bits per heavy atom. The average Bonchev–Trinajstić information content (AvgIpc) is 3.57. The van der Waals surface area contributed by atoms with Gasteiger partial charge in [0.05, 0.1) is 16.6 Å². The summed E-state index contributed by atoms with van der Waals surface area (Å²) < 4.78 is 2.40. The van der Waals surface area contributed by atoms with Crippen LogP contribution >= 0.6 is 0 Å². The maximum atomic E-state index is 5.40. The zero-order valence-electron chi connectivity index (χ0n) is 29.4. The Morgan fingerprint density at radius 2 is 1.02 bits per heavy atom. The monoisotopic (exact) mass is 679 g/mol. The zero-order chi connectivity index (χ0) is 34.9. The molecule has 9 aromatic rings. The summed E-state index contributed by atoms with van der Waals surface area (Å²) in [5.74, 6) is 1.81. The van der Waals surface area contributed by atoms with E-state index < -0.39 is 0 Å². The molecule has 0 N–H and O–H groups in total. The van der Waals surface area contributed by atoms with Crippen LogP contribution in [-0.4, -0.2) is 14.5 Å². The molecule has 3 aliphatic carbocycles. The Kier molecular flexibility index (Phi) is 6.94. The van der Waals surface area contributed by atoms with Crippen LogP contribution in [0.25, 0.3) is 83.2 Å². The molecule has 0 aliphatic heterocycles. The quantitative estimate of drug-likeness (QED) is 0.181. The Labute approximate surface area is 309 Å². The van der Waals surface area contributed by atoms with Crippen LogP contribution in [0.4, 0.5) is 0 Å². The first-order valence-corrected chi connectivity index (χ1v) is 19.0. The molecule has 3 nitrogen and oxygen atoms in total. The molecule has 0 atom stereocenters. The number of benzene rings is 7. The summed E-state index contributed by atoms with van der Waals surface area (Å²) in [4.78, 5) is 10.6. The van der Waals surface area contributed by atoms with Crippen molar-refractivity contribution in [2.24, 2.45) is 0 Å². The summed E-state index contributed by atoms with van der Waals surface area (Å²) in [6.07, 6.45) is 6.95. The predicted octanol–water partition coefficient (Wildman–Crippen LogP) is 13.1. The molecule has 53 heavy (non-hydrogen) atoms. The van der Waals surface area contributed by atoms with Crippen LogP contribution in [0.1, 0.15) is 48.6 Å². The van der Waals surface area contributed by atoms with Crippen molar-refractivity contribution in [1.29, 1.82) is 0 Å². The highest BCUT2D eigenvalue weighted by Crippen LogP contribution is 2.60. The summed E-state index contributed by atoms with van der Waals surface area (Å²) >= 11 is 0. The molecule has 0 amide bonds. The van der Waals surface area contributed by atoms with E-state index in [0.29, 0.717) is 11.8 Å². The maximum absolute atomic E-state index is 5.40. The van der Waals surface area contributed by atoms with Crippen molar-refractivity contribution in [3.05, 3.63) is 175 Å². The van der Waals surface area contributed by atoms with E-state index in [9.17, 15) is 0 Å². The highest BCUT2D eigenvalue weighted by atomic mass is 15.0. The number of hydrogen-bond acceptors (Lipinski definition) is 2. The van der Waals surface area contributed by atoms with E-state index in [-0.39, 0.29) is 0 Å². The van der Waals surface area contributed by atoms with Gasteiger partial charge in [0, 0.05) is 39.2 Å². The van der Waals surface area contributed by atoms with Crippen LogP contribution in [0.5, 0.6) is 0 Å². The fraction of sp³-hybridized carbons (Fsp3) is 0.120. The van der Waals surface area contributed by atoms with Gasteiger partial charge in [-0.05, 0) is 113 Å². The number of hydrogen-bond donors (Lipinski definition) is 0. The van der Waals surface area contributed by atoms with E-state index in [0.717, 1.165) is 28.0 Å². The van der Waals surface area contributed by atoms with Crippen molar-refractivity contribution in [3.8, 4) is 50.5 Å². The number of para-hydroxylation sites is 3. The van der Waals surface area contributed by atoms with E-state index in [4.69, 9.17) is 9.97 Å². The minimum atomic E-state index is 0.507. The van der Waals surface area contributed by atoms with Crippen molar-refractivity contribution in [3.63, 3.8) is 0 Å². The second-order valence-corrected chi connectivity index (χ2v) is 14.8. The molecular formula is C50H37N3. The minimum Gasteiger partial charge on any atom is -0.309 e. The SMILES string of the molecule is c1ccc(-c2c(-c3ccc4c(c3)c3ccccc3n4-c3ccccc3)c(-c3ncc4ccccc4n3)c(-c3ccccc3)c3c2C2CCC3CC2)cc1. The lowest BCUT2D eigenvalue weighted by atomic mass is 9.61. The summed E-state index contributed by atoms with van der Waals surface area (Å²) in [6.45, 7) is 0. The van der Waals surface area contributed by atoms with Crippen molar-refractivity contribution in [2.45, 2.75) is 37.5 Å². The van der Waals surface area contributed by atoms with Gasteiger partial charge >= 0.3 is 0 Å². The van der Waals surface area contributed by atoms with Gasteiger partial charge < -0.3 is 4.57 Å². The first kappa shape index (κ1) is 30.3.